The predicted octanol–water partition coefficient (Wildman–Crippen LogP) is 0.615. The summed E-state index contributed by atoms with van der Waals surface area (Å²) in [6.07, 6.45) is 0. The smallest absolute Gasteiger partial charge is 0.347 e. The molecule has 5 heteroatoms. The summed E-state index contributed by atoms with van der Waals surface area (Å²) >= 11 is 8.37. The van der Waals surface area contributed by atoms with E-state index in [2.05, 4.69) is 25.3 Å². The van der Waals surface area contributed by atoms with Crippen molar-refractivity contribution in [2.24, 2.45) is 0 Å². The first-order valence-electron chi connectivity index (χ1n) is 2.52. The van der Waals surface area contributed by atoms with E-state index in [1.165, 1.54) is 0 Å². The van der Waals surface area contributed by atoms with Crippen molar-refractivity contribution in [3.05, 3.63) is 0 Å². The maximum Gasteiger partial charge on any atom is 0.347 e. The molecule has 0 fully saturated rings. The zero-order valence-corrected chi connectivity index (χ0v) is 8.73. The van der Waals surface area contributed by atoms with Crippen molar-refractivity contribution in [2.75, 3.05) is 14.2 Å². The fourth-order valence-electron chi connectivity index (χ4n) is 0.543. The second kappa shape index (κ2) is 3.87. The highest BCUT2D eigenvalue weighted by Gasteiger charge is 2.29. The fraction of sp³-hybridized carbons (Fsp3) is 1.00. The summed E-state index contributed by atoms with van der Waals surface area (Å²) in [5.41, 5.74) is 0. The average molecular weight is 184 g/mol. The molecule has 0 aromatic carbocycles. The Balaban J connectivity index is 3.79. The van der Waals surface area contributed by atoms with E-state index in [9.17, 15) is 0 Å². The summed E-state index contributed by atoms with van der Waals surface area (Å²) in [5.74, 6) is 0. The lowest BCUT2D eigenvalue weighted by Gasteiger charge is -2.22. The Bertz CT molecular complexity index is 79.1. The summed E-state index contributed by atoms with van der Waals surface area (Å²) in [7, 11) is 1.58. The van der Waals surface area contributed by atoms with Crippen LogP contribution in [0.25, 0.3) is 0 Å². The largest absolute Gasteiger partial charge is 0.399 e. The van der Waals surface area contributed by atoms with Crippen molar-refractivity contribution in [1.29, 1.82) is 0 Å². The monoisotopic (exact) mass is 184 g/mol. The summed E-state index contributed by atoms with van der Waals surface area (Å²) in [6, 6.07) is 0. The van der Waals surface area contributed by atoms with Crippen LogP contribution in [0.5, 0.6) is 0 Å². The van der Waals surface area contributed by atoms with E-state index in [-0.39, 0.29) is 0 Å². The molecular formula is C4H12O2S2Si. The quantitative estimate of drug-likeness (QED) is 0.380. The van der Waals surface area contributed by atoms with Crippen molar-refractivity contribution in [2.45, 2.75) is 10.6 Å². The van der Waals surface area contributed by atoms with E-state index >= 15 is 0 Å². The van der Waals surface area contributed by atoms with E-state index in [1.54, 1.807) is 14.2 Å². The number of thiol groups is 2. The van der Waals surface area contributed by atoms with Gasteiger partial charge in [-0.05, 0) is 6.92 Å². The summed E-state index contributed by atoms with van der Waals surface area (Å²) < 4.78 is 9.66. The van der Waals surface area contributed by atoms with Crippen LogP contribution in [0.1, 0.15) is 6.92 Å². The lowest BCUT2D eigenvalue weighted by Crippen LogP contribution is -2.37. The van der Waals surface area contributed by atoms with Crippen molar-refractivity contribution < 1.29 is 8.85 Å². The first-order valence-corrected chi connectivity index (χ1v) is 4.94. The van der Waals surface area contributed by atoms with Gasteiger partial charge in [-0.25, -0.2) is 0 Å². The van der Waals surface area contributed by atoms with Crippen LogP contribution in [0, 0.1) is 0 Å². The van der Waals surface area contributed by atoms with Crippen LogP contribution in [0.15, 0.2) is 0 Å². The van der Waals surface area contributed by atoms with Gasteiger partial charge in [-0.15, -0.1) is 0 Å². The minimum atomic E-state index is -1.65. The highest BCUT2D eigenvalue weighted by Crippen LogP contribution is 2.22. The molecule has 0 bridgehead atoms. The van der Waals surface area contributed by atoms with Gasteiger partial charge in [0.25, 0.3) is 0 Å². The van der Waals surface area contributed by atoms with Crippen molar-refractivity contribution >= 4 is 34.5 Å². The molecule has 0 rings (SSSR count). The minimum absolute atomic E-state index is 0.399. The molecule has 0 heterocycles. The SMILES string of the molecule is CO[SiH](OC)C(C)(S)S. The second-order valence-electron chi connectivity index (χ2n) is 1.90. The molecule has 0 aromatic rings. The molecule has 0 spiro atoms. The lowest BCUT2D eigenvalue weighted by atomic mass is 10.9. The Morgan fingerprint density at radius 1 is 1.22 bits per heavy atom. The van der Waals surface area contributed by atoms with Crippen LogP contribution >= 0.6 is 25.3 Å². The van der Waals surface area contributed by atoms with Crippen LogP contribution < -0.4 is 0 Å². The predicted molar refractivity (Wildman–Crippen MR) is 47.5 cm³/mol. The topological polar surface area (TPSA) is 18.5 Å². The van der Waals surface area contributed by atoms with Gasteiger partial charge in [0.05, 0.1) is 3.70 Å². The van der Waals surface area contributed by atoms with E-state index in [0.717, 1.165) is 0 Å². The first kappa shape index (κ1) is 9.84. The van der Waals surface area contributed by atoms with Crippen molar-refractivity contribution in [3.8, 4) is 0 Å². The molecule has 0 saturated heterocycles. The van der Waals surface area contributed by atoms with Gasteiger partial charge in [-0.3, -0.25) is 0 Å². The van der Waals surface area contributed by atoms with Gasteiger partial charge in [-0.2, -0.15) is 25.3 Å². The molecule has 0 amide bonds. The van der Waals surface area contributed by atoms with Crippen LogP contribution in [-0.4, -0.2) is 27.2 Å². The van der Waals surface area contributed by atoms with E-state index < -0.39 is 13.0 Å². The highest BCUT2D eigenvalue weighted by atomic mass is 32.2. The Kier molecular flexibility index (Phi) is 4.23. The fourth-order valence-corrected chi connectivity index (χ4v) is 2.89. The van der Waals surface area contributed by atoms with Crippen LogP contribution in [0.4, 0.5) is 0 Å². The molecule has 0 aliphatic rings. The highest BCUT2D eigenvalue weighted by molar-refractivity contribution is 8.03. The molecular weight excluding hydrogens is 172 g/mol. The first-order chi connectivity index (χ1) is 4.02. The van der Waals surface area contributed by atoms with E-state index in [1.807, 2.05) is 6.92 Å². The van der Waals surface area contributed by atoms with Gasteiger partial charge in [0, 0.05) is 14.2 Å². The van der Waals surface area contributed by atoms with Gasteiger partial charge < -0.3 is 8.85 Å². The average Bonchev–Trinajstić information content (AvgIpc) is 1.65. The number of hydrogen-bond donors (Lipinski definition) is 2. The molecule has 0 radical (unpaired) electrons. The van der Waals surface area contributed by atoms with Crippen LogP contribution in [0.3, 0.4) is 0 Å². The summed E-state index contributed by atoms with van der Waals surface area (Å²) in [5, 5.41) is 0. The molecule has 0 saturated carbocycles. The Morgan fingerprint density at radius 2 is 1.56 bits per heavy atom. The molecule has 0 atom stereocenters. The standard InChI is InChI=1S/C4H12O2S2Si/c1-4(7,8)9(5-2)6-3/h7-9H,1-3H3. The van der Waals surface area contributed by atoms with E-state index in [0.29, 0.717) is 0 Å². The molecule has 0 aliphatic carbocycles. The maximum absolute atomic E-state index is 5.03. The van der Waals surface area contributed by atoms with Crippen LogP contribution in [-0.2, 0) is 8.85 Å². The molecule has 0 aliphatic heterocycles. The van der Waals surface area contributed by atoms with Crippen molar-refractivity contribution in [3.63, 3.8) is 0 Å². The molecule has 0 aromatic heterocycles. The number of rotatable bonds is 3. The van der Waals surface area contributed by atoms with Gasteiger partial charge in [0.1, 0.15) is 0 Å². The minimum Gasteiger partial charge on any atom is -0.399 e. The van der Waals surface area contributed by atoms with Gasteiger partial charge >= 0.3 is 9.28 Å². The molecule has 0 unspecified atom stereocenters. The second-order valence-corrected chi connectivity index (χ2v) is 7.84. The van der Waals surface area contributed by atoms with Gasteiger partial charge in [0.15, 0.2) is 0 Å². The summed E-state index contributed by atoms with van der Waals surface area (Å²) in [6.45, 7) is 1.86. The third kappa shape index (κ3) is 3.52. The van der Waals surface area contributed by atoms with E-state index in [4.69, 9.17) is 8.85 Å². The molecule has 9 heavy (non-hydrogen) atoms. The third-order valence-electron chi connectivity index (χ3n) is 0.875. The normalized spacial score (nSPS) is 12.7. The molecule has 0 N–H and O–H groups in total. The van der Waals surface area contributed by atoms with Gasteiger partial charge in [-0.1, -0.05) is 0 Å². The Hall–Kier alpha value is 0.837. The number of hydrogen-bond acceptors (Lipinski definition) is 4. The Morgan fingerprint density at radius 3 is 1.56 bits per heavy atom. The zero-order valence-electron chi connectivity index (χ0n) is 5.79. The molecule has 2 nitrogen and oxygen atoms in total. The maximum atomic E-state index is 5.03. The third-order valence-corrected chi connectivity index (χ3v) is 3.89. The van der Waals surface area contributed by atoms with Crippen LogP contribution in [0.2, 0.25) is 0 Å². The summed E-state index contributed by atoms with van der Waals surface area (Å²) in [4.78, 5) is 0. The Labute approximate surface area is 68.6 Å². The van der Waals surface area contributed by atoms with Crippen molar-refractivity contribution in [1.82, 2.24) is 0 Å². The molecule has 56 valence electrons. The lowest BCUT2D eigenvalue weighted by molar-refractivity contribution is 0.274. The van der Waals surface area contributed by atoms with Gasteiger partial charge in [0.2, 0.25) is 0 Å². The zero-order chi connectivity index (χ0) is 7.49.